The van der Waals surface area contributed by atoms with Crippen molar-refractivity contribution in [2.45, 2.75) is 26.2 Å². The zero-order valence-corrected chi connectivity index (χ0v) is 17.6. The van der Waals surface area contributed by atoms with Crippen LogP contribution >= 0.6 is 9.16 Å². The molecule has 0 atom stereocenters. The molecule has 150 valence electrons. The van der Waals surface area contributed by atoms with Crippen molar-refractivity contribution in [3.8, 4) is 11.8 Å². The summed E-state index contributed by atoms with van der Waals surface area (Å²) < 4.78 is 13.6. The lowest BCUT2D eigenvalue weighted by molar-refractivity contribution is 0.0867. The summed E-state index contributed by atoms with van der Waals surface area (Å²) in [5.41, 5.74) is 1.99. The van der Waals surface area contributed by atoms with Gasteiger partial charge in [-0.15, -0.1) is 0 Å². The molecule has 0 radical (unpaired) electrons. The number of benzene rings is 1. The molecule has 0 spiro atoms. The van der Waals surface area contributed by atoms with Crippen molar-refractivity contribution >= 4 is 20.2 Å². The number of aliphatic hydroxyl groups is 1. The van der Waals surface area contributed by atoms with Crippen LogP contribution in [0.25, 0.3) is 11.0 Å². The summed E-state index contributed by atoms with van der Waals surface area (Å²) in [5.74, 6) is 2.75. The average Bonchev–Trinajstić information content (AvgIpc) is 3.35. The van der Waals surface area contributed by atoms with Gasteiger partial charge >= 0.3 is 0 Å². The Balaban J connectivity index is 1.80. The second-order valence-electron chi connectivity index (χ2n) is 9.53. The predicted molar refractivity (Wildman–Crippen MR) is 112 cm³/mol. The standard InChI is InChI=1S/C20H31N3O3S/c1-27(2,3,4)8-7-25-14-23-18-9-16(11-21)19(26-13-15-5-6-15)10-17(18)22-20(23)12-24/h9-10,15,24,27H,5-8,12-14H2,1-4H3. The highest BCUT2D eigenvalue weighted by molar-refractivity contribution is 8.47. The smallest absolute Gasteiger partial charge is 0.139 e. The van der Waals surface area contributed by atoms with Crippen LogP contribution in [0.4, 0.5) is 0 Å². The maximum absolute atomic E-state index is 9.70. The Bertz CT molecular complexity index is 863. The fraction of sp³-hybridized carbons (Fsp3) is 0.600. The number of aliphatic hydroxyl groups excluding tert-OH is 1. The Morgan fingerprint density at radius 2 is 2.04 bits per heavy atom. The number of thiol groups is 1. The SMILES string of the molecule is C[SH](C)(C)(C)CCOCn1c(CO)nc2cc(OCC3CC3)c(C#N)cc21. The molecule has 1 aliphatic rings. The quantitative estimate of drug-likeness (QED) is 0.506. The second-order valence-corrected chi connectivity index (χ2v) is 17.9. The number of aromatic nitrogens is 2. The van der Waals surface area contributed by atoms with Gasteiger partial charge in [0.15, 0.2) is 0 Å². The number of rotatable bonds is 9. The molecule has 2 aromatic rings. The molecule has 3 rings (SSSR count). The van der Waals surface area contributed by atoms with Crippen LogP contribution in [0, 0.1) is 17.2 Å². The maximum Gasteiger partial charge on any atom is 0.139 e. The molecule has 1 aliphatic carbocycles. The van der Waals surface area contributed by atoms with Crippen LogP contribution in [0.1, 0.15) is 24.2 Å². The van der Waals surface area contributed by atoms with E-state index in [-0.39, 0.29) is 6.61 Å². The topological polar surface area (TPSA) is 80.3 Å². The van der Waals surface area contributed by atoms with E-state index in [1.54, 1.807) is 12.1 Å². The van der Waals surface area contributed by atoms with Crippen LogP contribution in [0.2, 0.25) is 0 Å². The molecular formula is C20H31N3O3S. The number of ether oxygens (including phenoxy) is 2. The zero-order chi connectivity index (χ0) is 19.7. The largest absolute Gasteiger partial charge is 0.492 e. The first-order valence-electron chi connectivity index (χ1n) is 9.41. The minimum atomic E-state index is -1.61. The number of nitrogens with zero attached hydrogens (tertiary/aromatic N) is 3. The number of nitriles is 1. The highest BCUT2D eigenvalue weighted by Gasteiger charge is 2.23. The molecule has 0 aliphatic heterocycles. The van der Waals surface area contributed by atoms with Crippen LogP contribution in [-0.2, 0) is 18.1 Å². The fourth-order valence-electron chi connectivity index (χ4n) is 2.75. The van der Waals surface area contributed by atoms with E-state index in [4.69, 9.17) is 9.47 Å². The van der Waals surface area contributed by atoms with Gasteiger partial charge in [-0.25, -0.2) is 4.98 Å². The van der Waals surface area contributed by atoms with E-state index >= 15 is 0 Å². The monoisotopic (exact) mass is 393 g/mol. The summed E-state index contributed by atoms with van der Waals surface area (Å²) >= 11 is 0. The summed E-state index contributed by atoms with van der Waals surface area (Å²) in [6, 6.07) is 5.80. The summed E-state index contributed by atoms with van der Waals surface area (Å²) in [5, 5.41) is 19.2. The van der Waals surface area contributed by atoms with Crippen molar-refractivity contribution < 1.29 is 14.6 Å². The molecule has 1 fully saturated rings. The van der Waals surface area contributed by atoms with Gasteiger partial charge in [-0.1, -0.05) is 0 Å². The van der Waals surface area contributed by atoms with E-state index in [9.17, 15) is 10.4 Å². The van der Waals surface area contributed by atoms with Gasteiger partial charge in [0.1, 0.15) is 31.0 Å². The van der Waals surface area contributed by atoms with Crippen LogP contribution in [-0.4, -0.2) is 58.6 Å². The highest BCUT2D eigenvalue weighted by Crippen LogP contribution is 2.54. The van der Waals surface area contributed by atoms with E-state index in [0.717, 1.165) is 11.3 Å². The van der Waals surface area contributed by atoms with Gasteiger partial charge in [0, 0.05) is 6.07 Å². The molecule has 27 heavy (non-hydrogen) atoms. The van der Waals surface area contributed by atoms with E-state index in [1.807, 2.05) is 4.57 Å². The third-order valence-electron chi connectivity index (χ3n) is 4.71. The summed E-state index contributed by atoms with van der Waals surface area (Å²) in [6.45, 7) is 1.44. The lowest BCUT2D eigenvalue weighted by atomic mass is 10.2. The van der Waals surface area contributed by atoms with Crippen LogP contribution in [0.15, 0.2) is 12.1 Å². The van der Waals surface area contributed by atoms with Crippen molar-refractivity contribution in [1.29, 1.82) is 5.26 Å². The molecular weight excluding hydrogens is 362 g/mol. The van der Waals surface area contributed by atoms with Crippen molar-refractivity contribution in [2.75, 3.05) is 44.0 Å². The van der Waals surface area contributed by atoms with Gasteiger partial charge in [0.2, 0.25) is 0 Å². The van der Waals surface area contributed by atoms with Crippen molar-refractivity contribution in [3.05, 3.63) is 23.5 Å². The summed E-state index contributed by atoms with van der Waals surface area (Å²) in [7, 11) is -1.61. The van der Waals surface area contributed by atoms with Gasteiger partial charge < -0.3 is 19.1 Å². The molecule has 0 amide bonds. The van der Waals surface area contributed by atoms with Crippen molar-refractivity contribution in [1.82, 2.24) is 9.55 Å². The summed E-state index contributed by atoms with van der Waals surface area (Å²) in [4.78, 5) is 4.50. The Morgan fingerprint density at radius 3 is 2.63 bits per heavy atom. The Morgan fingerprint density at radius 1 is 1.30 bits per heavy atom. The molecule has 0 unspecified atom stereocenters. The molecule has 6 nitrogen and oxygen atoms in total. The first-order chi connectivity index (χ1) is 12.7. The highest BCUT2D eigenvalue weighted by atomic mass is 32.3. The first-order valence-corrected chi connectivity index (χ1v) is 13.6. The van der Waals surface area contributed by atoms with Crippen molar-refractivity contribution in [2.24, 2.45) is 5.92 Å². The number of imidazole rings is 1. The van der Waals surface area contributed by atoms with E-state index in [0.29, 0.717) is 48.5 Å². The molecule has 1 aromatic heterocycles. The Kier molecular flexibility index (Phi) is 5.44. The lowest BCUT2D eigenvalue weighted by Crippen LogP contribution is -2.20. The first kappa shape index (κ1) is 20.0. The number of hydrogen-bond acceptors (Lipinski definition) is 5. The van der Waals surface area contributed by atoms with Gasteiger partial charge in [-0.2, -0.15) is 5.26 Å². The van der Waals surface area contributed by atoms with Gasteiger partial charge in [0.05, 0.1) is 29.8 Å². The van der Waals surface area contributed by atoms with Crippen molar-refractivity contribution in [3.63, 3.8) is 0 Å². The third kappa shape index (κ3) is 5.38. The Labute approximate surface area is 161 Å². The normalized spacial score (nSPS) is 16.1. The number of hydrogen-bond donors (Lipinski definition) is 2. The molecule has 1 heterocycles. The minimum Gasteiger partial charge on any atom is -0.492 e. The van der Waals surface area contributed by atoms with Gasteiger partial charge in [-0.3, -0.25) is 9.16 Å². The average molecular weight is 394 g/mol. The molecule has 0 bridgehead atoms. The minimum absolute atomic E-state index is 0.180. The van der Waals surface area contributed by atoms with E-state index < -0.39 is 9.16 Å². The molecule has 0 saturated heterocycles. The molecule has 1 N–H and O–H groups in total. The van der Waals surface area contributed by atoms with E-state index in [2.05, 4.69) is 36.1 Å². The Hall–Kier alpha value is -1.75. The van der Waals surface area contributed by atoms with E-state index in [1.165, 1.54) is 12.8 Å². The lowest BCUT2D eigenvalue weighted by Gasteiger charge is -2.46. The third-order valence-corrected chi connectivity index (χ3v) is 6.68. The number of fused-ring (bicyclic) bond motifs is 1. The second kappa shape index (κ2) is 7.34. The van der Waals surface area contributed by atoms with Gasteiger partial charge in [-0.05, 0) is 55.6 Å². The van der Waals surface area contributed by atoms with Crippen LogP contribution < -0.4 is 4.74 Å². The molecule has 7 heteroatoms. The zero-order valence-electron chi connectivity index (χ0n) is 16.7. The maximum atomic E-state index is 9.70. The summed E-state index contributed by atoms with van der Waals surface area (Å²) in [6.07, 6.45) is 11.7. The molecule has 1 saturated carbocycles. The van der Waals surface area contributed by atoms with Crippen LogP contribution in [0.5, 0.6) is 5.75 Å². The van der Waals surface area contributed by atoms with Crippen LogP contribution in [0.3, 0.4) is 0 Å². The predicted octanol–water partition coefficient (Wildman–Crippen LogP) is 2.75. The van der Waals surface area contributed by atoms with Gasteiger partial charge in [0.25, 0.3) is 0 Å². The fourth-order valence-corrected chi connectivity index (χ4v) is 3.61. The molecule has 1 aromatic carbocycles.